The topological polar surface area (TPSA) is 37.5 Å². The molecule has 0 aliphatic carbocycles. The second kappa shape index (κ2) is 3.48. The molecule has 0 aliphatic heterocycles. The summed E-state index contributed by atoms with van der Waals surface area (Å²) < 4.78 is 38.6. The van der Waals surface area contributed by atoms with E-state index in [1.54, 1.807) is 0 Å². The quantitative estimate of drug-likeness (QED) is 0.816. The lowest BCUT2D eigenvalue weighted by Crippen LogP contribution is -2.06. The van der Waals surface area contributed by atoms with Gasteiger partial charge in [0, 0.05) is 6.20 Å². The summed E-state index contributed by atoms with van der Waals surface area (Å²) >= 11 is 0. The number of rotatable bonds is 1. The number of nitrogens with zero attached hydrogens (tertiary/aromatic N) is 2. The van der Waals surface area contributed by atoms with Gasteiger partial charge in [-0.1, -0.05) is 0 Å². The fourth-order valence-electron chi connectivity index (χ4n) is 1.51. The van der Waals surface area contributed by atoms with Gasteiger partial charge < -0.3 is 9.51 Å². The van der Waals surface area contributed by atoms with Crippen LogP contribution in [0, 0.1) is 0 Å². The van der Waals surface area contributed by atoms with Gasteiger partial charge in [-0.3, -0.25) is 0 Å². The molecule has 0 radical (unpaired) electrons. The Hall–Kier alpha value is -1.56. The highest BCUT2D eigenvalue weighted by molar-refractivity contribution is 5.49. The Morgan fingerprint density at radius 3 is 2.69 bits per heavy atom. The normalized spacial score (nSPS) is 14.3. The maximum Gasteiger partial charge on any atom is 0.416 e. The molecule has 0 saturated carbocycles. The summed E-state index contributed by atoms with van der Waals surface area (Å²) in [6, 6.07) is 1.96. The summed E-state index contributed by atoms with van der Waals surface area (Å²) in [4.78, 5) is 3.86. The molecular formula is C10H9F3N2O. The summed E-state index contributed by atoms with van der Waals surface area (Å²) in [5, 5.41) is 9.33. The summed E-state index contributed by atoms with van der Waals surface area (Å²) in [6.45, 7) is 1.51. The minimum Gasteiger partial charge on any atom is -0.385 e. The first-order valence-corrected chi connectivity index (χ1v) is 4.62. The number of aromatic nitrogens is 2. The molecule has 16 heavy (non-hydrogen) atoms. The first-order chi connectivity index (χ1) is 7.39. The van der Waals surface area contributed by atoms with Crippen molar-refractivity contribution in [1.82, 2.24) is 9.38 Å². The van der Waals surface area contributed by atoms with Crippen LogP contribution < -0.4 is 0 Å². The van der Waals surface area contributed by atoms with Crippen LogP contribution in [0.15, 0.2) is 24.5 Å². The Morgan fingerprint density at radius 2 is 2.12 bits per heavy atom. The third-order valence-electron chi connectivity index (χ3n) is 2.26. The average Bonchev–Trinajstić information content (AvgIpc) is 2.58. The Morgan fingerprint density at radius 1 is 1.44 bits per heavy atom. The molecule has 1 N–H and O–H groups in total. The second-order valence-corrected chi connectivity index (χ2v) is 3.50. The lowest BCUT2D eigenvalue weighted by Gasteiger charge is -2.08. The van der Waals surface area contributed by atoms with Crippen LogP contribution in [0.4, 0.5) is 13.2 Å². The van der Waals surface area contributed by atoms with E-state index in [2.05, 4.69) is 4.98 Å². The van der Waals surface area contributed by atoms with Crippen molar-refractivity contribution in [3.63, 3.8) is 0 Å². The molecule has 0 aliphatic rings. The van der Waals surface area contributed by atoms with Crippen LogP contribution in [0.5, 0.6) is 0 Å². The molecule has 3 nitrogen and oxygen atoms in total. The van der Waals surface area contributed by atoms with E-state index in [4.69, 9.17) is 0 Å². The minimum atomic E-state index is -4.36. The van der Waals surface area contributed by atoms with Gasteiger partial charge in [0.1, 0.15) is 11.9 Å². The van der Waals surface area contributed by atoms with Crippen LogP contribution in [-0.2, 0) is 6.18 Å². The van der Waals surface area contributed by atoms with E-state index >= 15 is 0 Å². The van der Waals surface area contributed by atoms with Gasteiger partial charge in [0.15, 0.2) is 0 Å². The van der Waals surface area contributed by atoms with Crippen LogP contribution in [0.2, 0.25) is 0 Å². The highest BCUT2D eigenvalue weighted by atomic mass is 19.4. The van der Waals surface area contributed by atoms with Crippen molar-refractivity contribution in [3.05, 3.63) is 35.9 Å². The smallest absolute Gasteiger partial charge is 0.385 e. The first kappa shape index (κ1) is 10.9. The van der Waals surface area contributed by atoms with Crippen LogP contribution in [0.25, 0.3) is 5.52 Å². The lowest BCUT2D eigenvalue weighted by atomic mass is 10.2. The second-order valence-electron chi connectivity index (χ2n) is 3.50. The molecule has 2 aromatic rings. The van der Waals surface area contributed by atoms with Gasteiger partial charge in [0.2, 0.25) is 0 Å². The number of imidazole rings is 1. The molecule has 2 rings (SSSR count). The molecule has 86 valence electrons. The van der Waals surface area contributed by atoms with Crippen molar-refractivity contribution in [2.75, 3.05) is 0 Å². The van der Waals surface area contributed by atoms with Crippen LogP contribution >= 0.6 is 0 Å². The van der Waals surface area contributed by atoms with E-state index in [0.717, 1.165) is 12.1 Å². The molecule has 0 spiro atoms. The van der Waals surface area contributed by atoms with Gasteiger partial charge >= 0.3 is 6.18 Å². The zero-order chi connectivity index (χ0) is 11.9. The maximum atomic E-state index is 12.4. The Labute approximate surface area is 89.2 Å². The Kier molecular flexibility index (Phi) is 2.38. The number of aliphatic hydroxyl groups is 1. The average molecular weight is 230 g/mol. The lowest BCUT2D eigenvalue weighted by molar-refractivity contribution is -0.137. The zero-order valence-electron chi connectivity index (χ0n) is 8.36. The van der Waals surface area contributed by atoms with Crippen LogP contribution in [-0.4, -0.2) is 14.5 Å². The highest BCUT2D eigenvalue weighted by Gasteiger charge is 2.30. The third kappa shape index (κ3) is 1.76. The standard InChI is InChI=1S/C10H9F3N2O/c1-6(16)9-14-5-8-4-7(10(11,12)13)2-3-15(8)9/h2-6,16H,1H3. The van der Waals surface area contributed by atoms with E-state index < -0.39 is 17.8 Å². The number of hydrogen-bond acceptors (Lipinski definition) is 2. The van der Waals surface area contributed by atoms with Crippen molar-refractivity contribution >= 4 is 5.52 Å². The summed E-state index contributed by atoms with van der Waals surface area (Å²) in [5.74, 6) is 0.323. The summed E-state index contributed by atoms with van der Waals surface area (Å²) in [7, 11) is 0. The van der Waals surface area contributed by atoms with Crippen LogP contribution in [0.3, 0.4) is 0 Å². The predicted octanol–water partition coefficient (Wildman–Crippen LogP) is 2.41. The molecule has 2 heterocycles. The summed E-state index contributed by atoms with van der Waals surface area (Å²) in [5.41, 5.74) is -0.414. The van der Waals surface area contributed by atoms with Crippen LogP contribution in [0.1, 0.15) is 24.4 Å². The van der Waals surface area contributed by atoms with Crippen molar-refractivity contribution in [2.24, 2.45) is 0 Å². The van der Waals surface area contributed by atoms with E-state index in [0.29, 0.717) is 11.3 Å². The third-order valence-corrected chi connectivity index (χ3v) is 2.26. The first-order valence-electron chi connectivity index (χ1n) is 4.62. The van der Waals surface area contributed by atoms with Crippen molar-refractivity contribution in [3.8, 4) is 0 Å². The van der Waals surface area contributed by atoms with Crippen molar-refractivity contribution in [2.45, 2.75) is 19.2 Å². The van der Waals surface area contributed by atoms with Gasteiger partial charge in [-0.2, -0.15) is 13.2 Å². The fraction of sp³-hybridized carbons (Fsp3) is 0.300. The van der Waals surface area contributed by atoms with Gasteiger partial charge in [-0.15, -0.1) is 0 Å². The monoisotopic (exact) mass is 230 g/mol. The molecule has 0 saturated heterocycles. The highest BCUT2D eigenvalue weighted by Crippen LogP contribution is 2.30. The summed E-state index contributed by atoms with van der Waals surface area (Å²) in [6.07, 6.45) is -2.62. The maximum absolute atomic E-state index is 12.4. The molecule has 6 heteroatoms. The van der Waals surface area contributed by atoms with Gasteiger partial charge in [-0.25, -0.2) is 4.98 Å². The van der Waals surface area contributed by atoms with E-state index in [-0.39, 0.29) is 0 Å². The predicted molar refractivity (Wildman–Crippen MR) is 50.8 cm³/mol. The molecule has 0 fully saturated rings. The molecule has 1 unspecified atom stereocenters. The minimum absolute atomic E-state index is 0.311. The molecule has 0 aromatic carbocycles. The fourth-order valence-corrected chi connectivity index (χ4v) is 1.51. The number of aliphatic hydroxyl groups excluding tert-OH is 1. The number of pyridine rings is 1. The zero-order valence-corrected chi connectivity index (χ0v) is 8.36. The van der Waals surface area contributed by atoms with Crippen molar-refractivity contribution < 1.29 is 18.3 Å². The van der Waals surface area contributed by atoms with Crippen molar-refractivity contribution in [1.29, 1.82) is 0 Å². The molecule has 0 amide bonds. The van der Waals surface area contributed by atoms with Gasteiger partial charge in [-0.05, 0) is 19.1 Å². The van der Waals surface area contributed by atoms with Gasteiger partial charge in [0.25, 0.3) is 0 Å². The number of halogens is 3. The van der Waals surface area contributed by atoms with Gasteiger partial charge in [0.05, 0.1) is 17.3 Å². The SMILES string of the molecule is CC(O)c1ncc2cc(C(F)(F)F)ccn12. The number of fused-ring (bicyclic) bond motifs is 1. The number of hydrogen-bond donors (Lipinski definition) is 1. The molecule has 1 atom stereocenters. The Balaban J connectivity index is 2.58. The number of alkyl halides is 3. The largest absolute Gasteiger partial charge is 0.416 e. The van der Waals surface area contributed by atoms with E-state index in [1.807, 2.05) is 0 Å². The van der Waals surface area contributed by atoms with E-state index in [9.17, 15) is 18.3 Å². The molecular weight excluding hydrogens is 221 g/mol. The molecule has 2 aromatic heterocycles. The Bertz CT molecular complexity index is 516. The van der Waals surface area contributed by atoms with E-state index in [1.165, 1.54) is 23.7 Å². The molecule has 0 bridgehead atoms.